The maximum atomic E-state index is 11.5. The molecule has 2 saturated heterocycles. The normalized spacial score (nSPS) is 31.5. The summed E-state index contributed by atoms with van der Waals surface area (Å²) in [5.74, 6) is 0.592. The second-order valence-electron chi connectivity index (χ2n) is 13.7. The molecule has 0 amide bonds. The van der Waals surface area contributed by atoms with E-state index in [1.807, 2.05) is 32.1 Å². The third kappa shape index (κ3) is 10.9. The fraction of sp³-hybridized carbons (Fsp3) is 0.639. The molecular weight excluding hydrogens is 672 g/mol. The Morgan fingerprint density at radius 2 is 1.49 bits per heavy atom. The average molecular weight is 725 g/mol. The molecule has 1 aromatic heterocycles. The molecule has 1 aromatic carbocycles. The molecule has 15 heteroatoms. The summed E-state index contributed by atoms with van der Waals surface area (Å²) < 4.78 is 33.7. The summed E-state index contributed by atoms with van der Waals surface area (Å²) >= 11 is 0. The smallest absolute Gasteiger partial charge is 0.336 e. The van der Waals surface area contributed by atoms with Gasteiger partial charge in [0.25, 0.3) is 0 Å². The second kappa shape index (κ2) is 18.3. The van der Waals surface area contributed by atoms with Crippen molar-refractivity contribution in [3.05, 3.63) is 64.1 Å². The lowest BCUT2D eigenvalue weighted by Crippen LogP contribution is -2.65. The summed E-state index contributed by atoms with van der Waals surface area (Å²) in [5, 5.41) is 83.6. The van der Waals surface area contributed by atoms with Gasteiger partial charge in [0.15, 0.2) is 12.6 Å². The third-order valence-electron chi connectivity index (χ3n) is 9.16. The van der Waals surface area contributed by atoms with Crippen molar-refractivity contribution in [1.29, 1.82) is 0 Å². The van der Waals surface area contributed by atoms with Crippen LogP contribution in [0.25, 0.3) is 11.0 Å². The zero-order valence-corrected chi connectivity index (χ0v) is 29.3. The van der Waals surface area contributed by atoms with Crippen LogP contribution >= 0.6 is 0 Å². The molecule has 0 aliphatic carbocycles. The van der Waals surface area contributed by atoms with Crippen molar-refractivity contribution in [2.24, 2.45) is 0 Å². The average Bonchev–Trinajstić information content (AvgIpc) is 3.08. The lowest BCUT2D eigenvalue weighted by atomic mass is 9.94. The molecule has 2 aromatic rings. The molecule has 15 nitrogen and oxygen atoms in total. The van der Waals surface area contributed by atoms with Gasteiger partial charge in [-0.25, -0.2) is 4.79 Å². The Morgan fingerprint density at radius 1 is 0.843 bits per heavy atom. The van der Waals surface area contributed by atoms with Crippen molar-refractivity contribution in [1.82, 2.24) is 0 Å². The summed E-state index contributed by atoms with van der Waals surface area (Å²) in [6.45, 7) is 6.00. The molecule has 2 aliphatic heterocycles. The maximum absolute atomic E-state index is 11.5. The minimum atomic E-state index is -1.78. The third-order valence-corrected chi connectivity index (χ3v) is 9.16. The van der Waals surface area contributed by atoms with Gasteiger partial charge in [-0.2, -0.15) is 0 Å². The first-order valence-electron chi connectivity index (χ1n) is 17.1. The van der Waals surface area contributed by atoms with Gasteiger partial charge >= 0.3 is 5.63 Å². The van der Waals surface area contributed by atoms with Crippen LogP contribution in [0.15, 0.2) is 62.8 Å². The number of aliphatic hydroxyl groups excluding tert-OH is 7. The van der Waals surface area contributed by atoms with Crippen molar-refractivity contribution >= 4 is 11.0 Å². The van der Waals surface area contributed by atoms with Gasteiger partial charge < -0.3 is 69.0 Å². The molecule has 0 spiro atoms. The first-order valence-corrected chi connectivity index (χ1v) is 17.1. The van der Waals surface area contributed by atoms with Crippen molar-refractivity contribution in [2.45, 2.75) is 126 Å². The molecule has 2 aliphatic rings. The van der Waals surface area contributed by atoms with Gasteiger partial charge in [-0.15, -0.1) is 0 Å². The maximum Gasteiger partial charge on any atom is 0.336 e. The second-order valence-corrected chi connectivity index (χ2v) is 13.7. The van der Waals surface area contributed by atoms with Gasteiger partial charge in [0.05, 0.1) is 24.9 Å². The highest BCUT2D eigenvalue weighted by molar-refractivity contribution is 5.77. The van der Waals surface area contributed by atoms with Crippen LogP contribution < -0.4 is 10.4 Å². The van der Waals surface area contributed by atoms with E-state index < -0.39 is 92.0 Å². The zero-order chi connectivity index (χ0) is 37.5. The quantitative estimate of drug-likeness (QED) is 0.0864. The predicted octanol–water partition coefficient (Wildman–Crippen LogP) is 0.405. The van der Waals surface area contributed by atoms with Crippen LogP contribution in [0.3, 0.4) is 0 Å². The van der Waals surface area contributed by atoms with Gasteiger partial charge in [-0.3, -0.25) is 0 Å². The van der Waals surface area contributed by atoms with Crippen LogP contribution in [-0.4, -0.2) is 134 Å². The summed E-state index contributed by atoms with van der Waals surface area (Å²) in [6.07, 6.45) is -10.1. The molecule has 286 valence electrons. The number of hydrogen-bond acceptors (Lipinski definition) is 15. The van der Waals surface area contributed by atoms with E-state index in [1.165, 1.54) is 6.07 Å². The zero-order valence-electron chi connectivity index (χ0n) is 29.3. The van der Waals surface area contributed by atoms with E-state index in [9.17, 15) is 45.6 Å². The minimum absolute atomic E-state index is 0.331. The number of aliphatic hydroxyl groups is 8. The Balaban J connectivity index is 1.27. The topological polar surface area (TPSA) is 238 Å². The Hall–Kier alpha value is -2.77. The molecule has 3 heterocycles. The van der Waals surface area contributed by atoms with Crippen molar-refractivity contribution in [2.75, 3.05) is 19.8 Å². The highest BCUT2D eigenvalue weighted by Gasteiger charge is 2.51. The Morgan fingerprint density at radius 3 is 2.18 bits per heavy atom. The Bertz CT molecular complexity index is 1510. The number of rotatable bonds is 16. The Kier molecular flexibility index (Phi) is 14.7. The van der Waals surface area contributed by atoms with E-state index in [2.05, 4.69) is 6.08 Å². The monoisotopic (exact) mass is 724 g/mol. The van der Waals surface area contributed by atoms with E-state index in [4.69, 9.17) is 28.1 Å². The first kappa shape index (κ1) is 41.0. The molecule has 0 saturated carbocycles. The van der Waals surface area contributed by atoms with Crippen molar-refractivity contribution in [3.63, 3.8) is 0 Å². The van der Waals surface area contributed by atoms with Gasteiger partial charge in [0.2, 0.25) is 0 Å². The largest absolute Gasteiger partial charge is 0.489 e. The molecule has 4 rings (SSSR count). The standard InChI is InChI=1S/C36H52O15/c1-19(6-5-7-20(2)14-15-46-22-11-9-21-10-13-27(39)47-23(21)16-22)8-12-26(36(3,4)45)50-34-32(44)30(42)33(25(18-38)49-34)51-35-31(43)29(41)28(40)24(17-37)48-35/h6,9-11,13-14,16,24-26,28-35,37-38,40-45H,5,7-8,12,15,17-18H2,1-4H3/t24-,25-,26+,28-,29+,30-,31-,32-,33-,34+,35+/m1/s1. The van der Waals surface area contributed by atoms with Crippen LogP contribution in [0.1, 0.15) is 53.4 Å². The molecular formula is C36H52O15. The number of ether oxygens (including phenoxy) is 5. The molecule has 0 bridgehead atoms. The van der Waals surface area contributed by atoms with Gasteiger partial charge in [0, 0.05) is 17.5 Å². The van der Waals surface area contributed by atoms with Crippen LogP contribution in [0.4, 0.5) is 0 Å². The summed E-state index contributed by atoms with van der Waals surface area (Å²) in [5.41, 5.74) is 0.817. The summed E-state index contributed by atoms with van der Waals surface area (Å²) in [6, 6.07) is 8.39. The van der Waals surface area contributed by atoms with Crippen LogP contribution in [0.2, 0.25) is 0 Å². The number of benzene rings is 1. The van der Waals surface area contributed by atoms with Crippen LogP contribution in [0.5, 0.6) is 5.75 Å². The highest BCUT2D eigenvalue weighted by Crippen LogP contribution is 2.32. The van der Waals surface area contributed by atoms with Gasteiger partial charge in [0.1, 0.15) is 66.8 Å². The lowest BCUT2D eigenvalue weighted by molar-refractivity contribution is -0.366. The fourth-order valence-corrected chi connectivity index (χ4v) is 5.94. The highest BCUT2D eigenvalue weighted by atomic mass is 16.7. The minimum Gasteiger partial charge on any atom is -0.489 e. The van der Waals surface area contributed by atoms with Crippen molar-refractivity contribution < 1.29 is 69.0 Å². The molecule has 2 fully saturated rings. The van der Waals surface area contributed by atoms with Crippen LogP contribution in [-0.2, 0) is 18.9 Å². The van der Waals surface area contributed by atoms with E-state index in [0.29, 0.717) is 30.8 Å². The molecule has 0 radical (unpaired) electrons. The molecule has 0 unspecified atom stereocenters. The summed E-state index contributed by atoms with van der Waals surface area (Å²) in [7, 11) is 0. The molecule has 51 heavy (non-hydrogen) atoms. The summed E-state index contributed by atoms with van der Waals surface area (Å²) in [4.78, 5) is 11.5. The Labute approximate surface area is 295 Å². The van der Waals surface area contributed by atoms with E-state index in [0.717, 1.165) is 29.4 Å². The predicted molar refractivity (Wildman–Crippen MR) is 182 cm³/mol. The SMILES string of the molecule is CC(=CCOc1ccc2ccc(=O)oc2c1)CCC=C(C)CC[C@H](O[C@@H]1O[C@H](CO)[C@@H](O[C@@H]2O[C@H](CO)[C@@H](O)[C@H](O)[C@H]2O)[C@H](O)[C@H]1O)C(C)(C)O. The molecule has 8 N–H and O–H groups in total. The number of hydrogen-bond donors (Lipinski definition) is 8. The van der Waals surface area contributed by atoms with Gasteiger partial charge in [-0.1, -0.05) is 17.2 Å². The van der Waals surface area contributed by atoms with Crippen LogP contribution in [0, 0.1) is 0 Å². The van der Waals surface area contributed by atoms with Crippen molar-refractivity contribution in [3.8, 4) is 5.75 Å². The number of allylic oxidation sites excluding steroid dienone is 3. The van der Waals surface area contributed by atoms with E-state index in [1.54, 1.807) is 26.0 Å². The van der Waals surface area contributed by atoms with E-state index >= 15 is 0 Å². The number of fused-ring (bicyclic) bond motifs is 1. The lowest BCUT2D eigenvalue weighted by Gasteiger charge is -2.46. The first-order chi connectivity index (χ1) is 24.1. The van der Waals surface area contributed by atoms with Gasteiger partial charge in [-0.05, 0) is 77.7 Å². The fourth-order valence-electron chi connectivity index (χ4n) is 5.94. The van der Waals surface area contributed by atoms with E-state index in [-0.39, 0.29) is 0 Å². The molecule has 11 atom stereocenters.